The zero-order chi connectivity index (χ0) is 19.1. The van der Waals surface area contributed by atoms with Gasteiger partial charge in [0.05, 0.1) is 0 Å². The Hall–Kier alpha value is -2.56. The molecule has 28 heavy (non-hydrogen) atoms. The van der Waals surface area contributed by atoms with Crippen LogP contribution in [0.4, 0.5) is 9.18 Å². The molecule has 1 aliphatic carbocycles. The number of carbonyl (C=O) groups excluding carboxylic acids is 1. The summed E-state index contributed by atoms with van der Waals surface area (Å²) in [5.74, 6) is 1.03. The second-order valence-corrected chi connectivity index (χ2v) is 8.33. The van der Waals surface area contributed by atoms with E-state index in [-0.39, 0.29) is 23.5 Å². The summed E-state index contributed by atoms with van der Waals surface area (Å²) >= 11 is 0. The molecule has 5 heteroatoms. The summed E-state index contributed by atoms with van der Waals surface area (Å²) in [6.45, 7) is 1.40. The second kappa shape index (κ2) is 6.80. The lowest BCUT2D eigenvalue weighted by Crippen LogP contribution is -2.53. The molecule has 1 N–H and O–H groups in total. The van der Waals surface area contributed by atoms with E-state index in [9.17, 15) is 9.18 Å². The summed E-state index contributed by atoms with van der Waals surface area (Å²) in [5, 5.41) is 3.19. The normalized spacial score (nSPS) is 25.0. The molecule has 2 fully saturated rings. The van der Waals surface area contributed by atoms with Crippen LogP contribution in [-0.2, 0) is 6.42 Å². The first-order chi connectivity index (χ1) is 13.6. The van der Waals surface area contributed by atoms with E-state index in [0.717, 1.165) is 43.4 Å². The topological polar surface area (TPSA) is 41.6 Å². The maximum Gasteiger partial charge on any atom is 0.317 e. The van der Waals surface area contributed by atoms with Crippen molar-refractivity contribution < 1.29 is 13.9 Å². The summed E-state index contributed by atoms with van der Waals surface area (Å²) in [5.41, 5.74) is 2.04. The summed E-state index contributed by atoms with van der Waals surface area (Å²) < 4.78 is 19.7. The van der Waals surface area contributed by atoms with Crippen molar-refractivity contribution in [1.29, 1.82) is 0 Å². The monoisotopic (exact) mass is 380 g/mol. The number of likely N-dealkylation sites (tertiary alicyclic amines) is 1. The summed E-state index contributed by atoms with van der Waals surface area (Å²) in [7, 11) is 0. The third kappa shape index (κ3) is 3.34. The average molecular weight is 380 g/mol. The fourth-order valence-electron chi connectivity index (χ4n) is 4.63. The Morgan fingerprint density at radius 3 is 2.68 bits per heavy atom. The first kappa shape index (κ1) is 17.5. The number of urea groups is 1. The molecule has 4 nitrogen and oxygen atoms in total. The lowest BCUT2D eigenvalue weighted by Gasteiger charge is -2.44. The minimum atomic E-state index is -0.215. The highest BCUT2D eigenvalue weighted by Gasteiger charge is 2.43. The van der Waals surface area contributed by atoms with E-state index in [2.05, 4.69) is 17.4 Å². The molecule has 1 saturated carbocycles. The van der Waals surface area contributed by atoms with E-state index in [1.165, 1.54) is 11.6 Å². The van der Waals surface area contributed by atoms with Crippen LogP contribution in [-0.4, -0.2) is 35.7 Å². The zero-order valence-electron chi connectivity index (χ0n) is 15.9. The van der Waals surface area contributed by atoms with E-state index in [0.29, 0.717) is 19.0 Å². The van der Waals surface area contributed by atoms with Crippen molar-refractivity contribution in [3.63, 3.8) is 0 Å². The number of benzene rings is 2. The lowest BCUT2D eigenvalue weighted by atomic mass is 9.83. The van der Waals surface area contributed by atoms with Crippen molar-refractivity contribution in [3.05, 3.63) is 65.5 Å². The molecule has 1 spiro atoms. The van der Waals surface area contributed by atoms with Gasteiger partial charge in [-0.3, -0.25) is 0 Å². The summed E-state index contributed by atoms with van der Waals surface area (Å²) in [6.07, 6.45) is 4.38. The van der Waals surface area contributed by atoms with E-state index in [1.807, 2.05) is 23.1 Å². The number of nitrogens with one attached hydrogen (secondary N) is 1. The van der Waals surface area contributed by atoms with Gasteiger partial charge < -0.3 is 15.0 Å². The fraction of sp³-hybridized carbons (Fsp3) is 0.435. The number of fused-ring (bicyclic) bond motifs is 1. The molecule has 2 aliphatic heterocycles. The molecular formula is C23H25FN2O2. The number of carbonyl (C=O) groups is 1. The molecule has 0 bridgehead atoms. The smallest absolute Gasteiger partial charge is 0.317 e. The third-order valence-electron chi connectivity index (χ3n) is 6.49. The molecule has 0 radical (unpaired) electrons. The molecule has 0 unspecified atom stereocenters. The minimum absolute atomic E-state index is 0.0385. The number of ether oxygens (including phenoxy) is 1. The molecule has 146 valence electrons. The van der Waals surface area contributed by atoms with Crippen LogP contribution in [0.5, 0.6) is 5.75 Å². The van der Waals surface area contributed by atoms with Crippen molar-refractivity contribution in [2.24, 2.45) is 0 Å². The van der Waals surface area contributed by atoms with Gasteiger partial charge in [0.1, 0.15) is 17.2 Å². The van der Waals surface area contributed by atoms with Crippen molar-refractivity contribution in [2.75, 3.05) is 13.1 Å². The molecule has 1 saturated heterocycles. The molecule has 2 aromatic rings. The Balaban J connectivity index is 1.16. The standard InChI is InChI=1S/C23H25FN2O2/c24-18-6-7-21-17(14-18)8-9-23(28-21)10-12-26(13-11-23)22(27)25-20-15-19(20)16-4-2-1-3-5-16/h1-7,14,19-20H,8-13,15H2,(H,25,27)/t19-,20+/m1/s1. The number of aryl methyl sites for hydroxylation is 1. The molecule has 0 aromatic heterocycles. The van der Waals surface area contributed by atoms with Gasteiger partial charge in [-0.2, -0.15) is 0 Å². The average Bonchev–Trinajstić information content (AvgIpc) is 3.48. The zero-order valence-corrected chi connectivity index (χ0v) is 15.9. The maximum atomic E-state index is 13.4. The molecule has 2 heterocycles. The molecule has 2 aromatic carbocycles. The SMILES string of the molecule is O=C(N[C@H]1C[C@@H]1c1ccccc1)N1CCC2(CCc3cc(F)ccc3O2)CC1. The van der Waals surface area contributed by atoms with E-state index in [4.69, 9.17) is 4.74 Å². The van der Waals surface area contributed by atoms with E-state index >= 15 is 0 Å². The highest BCUT2D eigenvalue weighted by molar-refractivity contribution is 5.75. The predicted octanol–water partition coefficient (Wildman–Crippen LogP) is 4.25. The second-order valence-electron chi connectivity index (χ2n) is 8.33. The molecule has 2 amide bonds. The van der Waals surface area contributed by atoms with Gasteiger partial charge in [0, 0.05) is 37.9 Å². The Bertz CT molecular complexity index is 877. The van der Waals surface area contributed by atoms with Crippen LogP contribution >= 0.6 is 0 Å². The highest BCUT2D eigenvalue weighted by Crippen LogP contribution is 2.42. The first-order valence-electron chi connectivity index (χ1n) is 10.2. The predicted molar refractivity (Wildman–Crippen MR) is 105 cm³/mol. The lowest BCUT2D eigenvalue weighted by molar-refractivity contribution is -0.00565. The maximum absolute atomic E-state index is 13.4. The Labute approximate surface area is 164 Å². The van der Waals surface area contributed by atoms with Crippen molar-refractivity contribution in [1.82, 2.24) is 10.2 Å². The Kier molecular flexibility index (Phi) is 4.26. The van der Waals surface area contributed by atoms with Crippen LogP contribution in [0, 0.1) is 5.82 Å². The quantitative estimate of drug-likeness (QED) is 0.846. The van der Waals surface area contributed by atoms with Crippen LogP contribution in [0.1, 0.15) is 42.7 Å². The summed E-state index contributed by atoms with van der Waals surface area (Å²) in [4.78, 5) is 14.6. The van der Waals surface area contributed by atoms with Crippen molar-refractivity contribution in [2.45, 2.75) is 49.7 Å². The van der Waals surface area contributed by atoms with Gasteiger partial charge in [-0.1, -0.05) is 30.3 Å². The molecule has 3 aliphatic rings. The minimum Gasteiger partial charge on any atom is -0.487 e. The van der Waals surface area contributed by atoms with E-state index < -0.39 is 0 Å². The molecular weight excluding hydrogens is 355 g/mol. The molecule has 5 rings (SSSR count). The van der Waals surface area contributed by atoms with Gasteiger partial charge in [0.2, 0.25) is 0 Å². The van der Waals surface area contributed by atoms with Gasteiger partial charge >= 0.3 is 6.03 Å². The van der Waals surface area contributed by atoms with Gasteiger partial charge in [0.25, 0.3) is 0 Å². The Morgan fingerprint density at radius 2 is 1.89 bits per heavy atom. The number of halogens is 1. The molecule has 2 atom stereocenters. The number of hydrogen-bond donors (Lipinski definition) is 1. The number of nitrogens with zero attached hydrogens (tertiary/aromatic N) is 1. The van der Waals surface area contributed by atoms with Crippen LogP contribution in [0.15, 0.2) is 48.5 Å². The van der Waals surface area contributed by atoms with Crippen LogP contribution in [0.2, 0.25) is 0 Å². The Morgan fingerprint density at radius 1 is 1.11 bits per heavy atom. The number of piperidine rings is 1. The van der Waals surface area contributed by atoms with Crippen molar-refractivity contribution >= 4 is 6.03 Å². The number of hydrogen-bond acceptors (Lipinski definition) is 2. The third-order valence-corrected chi connectivity index (χ3v) is 6.49. The van der Waals surface area contributed by atoms with Crippen LogP contribution in [0.3, 0.4) is 0 Å². The van der Waals surface area contributed by atoms with Gasteiger partial charge in [-0.05, 0) is 48.6 Å². The number of rotatable bonds is 2. The van der Waals surface area contributed by atoms with Gasteiger partial charge in [0.15, 0.2) is 0 Å². The van der Waals surface area contributed by atoms with Gasteiger partial charge in [-0.25, -0.2) is 9.18 Å². The first-order valence-corrected chi connectivity index (χ1v) is 10.2. The largest absolute Gasteiger partial charge is 0.487 e. The highest BCUT2D eigenvalue weighted by atomic mass is 19.1. The fourth-order valence-corrected chi connectivity index (χ4v) is 4.63. The van der Waals surface area contributed by atoms with Crippen molar-refractivity contribution in [3.8, 4) is 5.75 Å². The van der Waals surface area contributed by atoms with Gasteiger partial charge in [-0.15, -0.1) is 0 Å². The van der Waals surface area contributed by atoms with E-state index in [1.54, 1.807) is 12.1 Å². The number of amides is 2. The van der Waals surface area contributed by atoms with Crippen LogP contribution in [0.25, 0.3) is 0 Å². The summed E-state index contributed by atoms with van der Waals surface area (Å²) in [6, 6.07) is 15.4. The van der Waals surface area contributed by atoms with Crippen LogP contribution < -0.4 is 10.1 Å².